The number of hydrogen-bond donors (Lipinski definition) is 0. The highest BCUT2D eigenvalue weighted by Crippen LogP contribution is 2.52. The predicted octanol–water partition coefficient (Wildman–Crippen LogP) is 5.89. The van der Waals surface area contributed by atoms with Crippen LogP contribution in [0.4, 0.5) is 5.69 Å². The Bertz CT molecular complexity index is 1380. The number of rotatable bonds is 3. The van der Waals surface area contributed by atoms with Crippen LogP contribution < -0.4 is 4.90 Å². The predicted molar refractivity (Wildman–Crippen MR) is 139 cm³/mol. The summed E-state index contributed by atoms with van der Waals surface area (Å²) in [5, 5.41) is 10.5. The Morgan fingerprint density at radius 1 is 0.917 bits per heavy atom. The summed E-state index contributed by atoms with van der Waals surface area (Å²) in [4.78, 5) is 42.9. The molecular weight excluding hydrogens is 518 g/mol. The Labute approximate surface area is 219 Å². The minimum Gasteiger partial charge on any atom is -0.298 e. The second kappa shape index (κ2) is 8.86. The number of nitrogens with zero attached hydrogens (tertiary/aromatic N) is 3. The van der Waals surface area contributed by atoms with E-state index in [0.717, 1.165) is 26.2 Å². The monoisotopic (exact) mass is 543 g/mol. The van der Waals surface area contributed by atoms with Crippen LogP contribution >= 0.6 is 15.9 Å². The van der Waals surface area contributed by atoms with Gasteiger partial charge < -0.3 is 0 Å². The maximum atomic E-state index is 13.8. The molecule has 1 saturated heterocycles. The number of nitriles is 1. The van der Waals surface area contributed by atoms with Crippen LogP contribution in [0.2, 0.25) is 0 Å². The molecule has 1 fully saturated rings. The lowest BCUT2D eigenvalue weighted by Gasteiger charge is -2.46. The number of carbonyl (C=O) groups excluding carboxylic acids is 3. The number of amides is 2. The molecule has 2 aromatic carbocycles. The van der Waals surface area contributed by atoms with Gasteiger partial charge in [-0.1, -0.05) is 59.6 Å². The highest BCUT2D eigenvalue weighted by atomic mass is 79.9. The number of aryl methyl sites for hydroxylation is 1. The van der Waals surface area contributed by atoms with Crippen LogP contribution in [-0.4, -0.2) is 22.5 Å². The zero-order chi connectivity index (χ0) is 25.8. The zero-order valence-electron chi connectivity index (χ0n) is 20.5. The lowest BCUT2D eigenvalue weighted by atomic mass is 9.68. The van der Waals surface area contributed by atoms with E-state index in [-0.39, 0.29) is 47.2 Å². The van der Waals surface area contributed by atoms with Gasteiger partial charge in [0.1, 0.15) is 5.82 Å². The van der Waals surface area contributed by atoms with Crippen molar-refractivity contribution in [3.05, 3.63) is 86.8 Å². The molecular formula is C29H26BrN3O3. The molecule has 0 N–H and O–H groups in total. The van der Waals surface area contributed by atoms with E-state index in [4.69, 9.17) is 0 Å². The van der Waals surface area contributed by atoms with Crippen molar-refractivity contribution in [1.29, 1.82) is 5.26 Å². The van der Waals surface area contributed by atoms with Gasteiger partial charge in [-0.15, -0.1) is 0 Å². The van der Waals surface area contributed by atoms with Gasteiger partial charge in [-0.05, 0) is 48.6 Å². The van der Waals surface area contributed by atoms with Gasteiger partial charge in [0.2, 0.25) is 11.8 Å². The molecule has 182 valence electrons. The molecule has 2 heterocycles. The Balaban J connectivity index is 1.86. The number of imide groups is 1. The quantitative estimate of drug-likeness (QED) is 0.451. The van der Waals surface area contributed by atoms with E-state index < -0.39 is 5.92 Å². The first-order chi connectivity index (χ1) is 17.1. The van der Waals surface area contributed by atoms with Gasteiger partial charge in [-0.2, -0.15) is 5.26 Å². The summed E-state index contributed by atoms with van der Waals surface area (Å²) in [6, 6.07) is 17.6. The summed E-state index contributed by atoms with van der Waals surface area (Å²) in [6.45, 7) is 6.07. The Morgan fingerprint density at radius 2 is 1.53 bits per heavy atom. The van der Waals surface area contributed by atoms with E-state index in [2.05, 4.69) is 22.0 Å². The normalized spacial score (nSPS) is 21.8. The molecule has 1 aliphatic carbocycles. The summed E-state index contributed by atoms with van der Waals surface area (Å²) in [6.07, 6.45) is 1.12. The van der Waals surface area contributed by atoms with Gasteiger partial charge in [0.15, 0.2) is 5.78 Å². The molecule has 0 aromatic heterocycles. The summed E-state index contributed by atoms with van der Waals surface area (Å²) in [5.74, 6) is -1.09. The minimum absolute atomic E-state index is 0.0141. The average Bonchev–Trinajstić information content (AvgIpc) is 3.15. The van der Waals surface area contributed by atoms with E-state index >= 15 is 0 Å². The van der Waals surface area contributed by atoms with Crippen LogP contribution in [0.1, 0.15) is 56.6 Å². The Morgan fingerprint density at radius 3 is 2.11 bits per heavy atom. The fourth-order valence-corrected chi connectivity index (χ4v) is 5.72. The molecule has 2 aliphatic heterocycles. The van der Waals surface area contributed by atoms with Gasteiger partial charge in [0.25, 0.3) is 0 Å². The molecule has 5 rings (SSSR count). The standard InChI is InChI=1S/C29H26BrN3O3/c1-17-4-6-18(7-5-17)26-21(16-31)28(33-24(35)12-13-25(33)36)32(20-10-8-19(30)9-11-20)22-14-29(2,3)15-23(34)27(22)26/h4-11,26H,12-15H2,1-3H3. The maximum absolute atomic E-state index is 13.8. The van der Waals surface area contributed by atoms with E-state index in [0.29, 0.717) is 24.1 Å². The number of carbonyl (C=O) groups is 3. The van der Waals surface area contributed by atoms with Crippen LogP contribution in [0.25, 0.3) is 0 Å². The van der Waals surface area contributed by atoms with E-state index in [1.165, 1.54) is 0 Å². The molecule has 2 amide bonds. The van der Waals surface area contributed by atoms with Gasteiger partial charge in [-0.25, -0.2) is 4.90 Å². The van der Waals surface area contributed by atoms with E-state index in [1.807, 2.05) is 74.2 Å². The first kappa shape index (κ1) is 24.2. The number of hydrogen-bond acceptors (Lipinski definition) is 5. The molecule has 3 aliphatic rings. The summed E-state index contributed by atoms with van der Waals surface area (Å²) in [7, 11) is 0. The van der Waals surface area contributed by atoms with Crippen molar-refractivity contribution in [3.8, 4) is 6.07 Å². The number of likely N-dealkylation sites (tertiary alicyclic amines) is 1. The first-order valence-electron chi connectivity index (χ1n) is 12.0. The molecule has 1 unspecified atom stereocenters. The van der Waals surface area contributed by atoms with Gasteiger partial charge >= 0.3 is 0 Å². The molecule has 1 atom stereocenters. The fourth-order valence-electron chi connectivity index (χ4n) is 5.46. The summed E-state index contributed by atoms with van der Waals surface area (Å²) < 4.78 is 0.870. The van der Waals surface area contributed by atoms with Crippen LogP contribution in [0.15, 0.2) is 75.7 Å². The van der Waals surface area contributed by atoms with Crippen LogP contribution in [0.5, 0.6) is 0 Å². The van der Waals surface area contributed by atoms with Crippen molar-refractivity contribution in [3.63, 3.8) is 0 Å². The van der Waals surface area contributed by atoms with Gasteiger partial charge in [0.05, 0.1) is 17.6 Å². The lowest BCUT2D eigenvalue weighted by Crippen LogP contribution is -2.46. The molecule has 7 heteroatoms. The number of benzene rings is 2. The smallest absolute Gasteiger partial charge is 0.235 e. The molecule has 0 spiro atoms. The van der Waals surface area contributed by atoms with E-state index in [9.17, 15) is 19.6 Å². The molecule has 2 aromatic rings. The SMILES string of the molecule is Cc1ccc(C2C(C#N)=C(N3C(=O)CCC3=O)N(c3ccc(Br)cc3)C3=C2C(=O)CC(C)(C)C3)cc1. The third kappa shape index (κ3) is 4.00. The minimum atomic E-state index is -0.655. The van der Waals surface area contributed by atoms with Crippen molar-refractivity contribution >= 4 is 39.2 Å². The van der Waals surface area contributed by atoms with Crippen LogP contribution in [0, 0.1) is 23.7 Å². The summed E-state index contributed by atoms with van der Waals surface area (Å²) in [5.41, 5.74) is 3.76. The van der Waals surface area contributed by atoms with Crippen LogP contribution in [0.3, 0.4) is 0 Å². The zero-order valence-corrected chi connectivity index (χ0v) is 22.1. The average molecular weight is 544 g/mol. The molecule has 0 radical (unpaired) electrons. The maximum Gasteiger partial charge on any atom is 0.235 e. The van der Waals surface area contributed by atoms with Crippen molar-refractivity contribution in [2.24, 2.45) is 5.41 Å². The third-order valence-corrected chi connectivity index (χ3v) is 7.60. The highest BCUT2D eigenvalue weighted by Gasteiger charge is 2.48. The van der Waals surface area contributed by atoms with E-state index in [1.54, 1.807) is 0 Å². The van der Waals surface area contributed by atoms with Gasteiger partial charge in [0, 0.05) is 40.7 Å². The number of Topliss-reactive ketones (excluding diaryl/α,β-unsaturated/α-hetero) is 1. The number of anilines is 1. The molecule has 36 heavy (non-hydrogen) atoms. The largest absolute Gasteiger partial charge is 0.298 e. The second-order valence-electron chi connectivity index (χ2n) is 10.4. The summed E-state index contributed by atoms with van der Waals surface area (Å²) >= 11 is 3.47. The molecule has 0 bridgehead atoms. The van der Waals surface area contributed by atoms with Gasteiger partial charge in [-0.3, -0.25) is 19.3 Å². The molecule has 0 saturated carbocycles. The first-order valence-corrected chi connectivity index (χ1v) is 12.8. The molecule has 6 nitrogen and oxygen atoms in total. The second-order valence-corrected chi connectivity index (χ2v) is 11.3. The van der Waals surface area contributed by atoms with Crippen molar-refractivity contribution in [2.45, 2.75) is 52.4 Å². The fraction of sp³-hybridized carbons (Fsp3) is 0.310. The van der Waals surface area contributed by atoms with Crippen molar-refractivity contribution in [1.82, 2.24) is 4.90 Å². The lowest BCUT2D eigenvalue weighted by molar-refractivity contribution is -0.136. The Kier molecular flexibility index (Phi) is 5.96. The number of allylic oxidation sites excluding steroid dienone is 3. The number of ketones is 1. The van der Waals surface area contributed by atoms with Crippen molar-refractivity contribution < 1.29 is 14.4 Å². The Hall–Kier alpha value is -3.50. The highest BCUT2D eigenvalue weighted by molar-refractivity contribution is 9.10. The number of halogens is 1. The topological polar surface area (TPSA) is 81.5 Å². The third-order valence-electron chi connectivity index (χ3n) is 7.08. The van der Waals surface area contributed by atoms with Crippen LogP contribution in [-0.2, 0) is 14.4 Å². The van der Waals surface area contributed by atoms with Crippen molar-refractivity contribution in [2.75, 3.05) is 4.90 Å².